The Kier molecular flexibility index (Phi) is 4.45. The van der Waals surface area contributed by atoms with E-state index in [2.05, 4.69) is 34.8 Å². The van der Waals surface area contributed by atoms with E-state index in [1.807, 2.05) is 0 Å². The molecule has 5 nitrogen and oxygen atoms in total. The zero-order valence-electron chi connectivity index (χ0n) is 12.8. The summed E-state index contributed by atoms with van der Waals surface area (Å²) in [4.78, 5) is 18.7. The highest BCUT2D eigenvalue weighted by Crippen LogP contribution is 2.31. The van der Waals surface area contributed by atoms with Crippen LogP contribution < -0.4 is 15.5 Å². The number of nitrogens with one attached hydrogen (secondary N) is 2. The van der Waals surface area contributed by atoms with Crippen molar-refractivity contribution in [2.75, 3.05) is 24.5 Å². The molecule has 2 N–H and O–H groups in total. The lowest BCUT2D eigenvalue weighted by Gasteiger charge is -2.41. The minimum absolute atomic E-state index is 0.223. The van der Waals surface area contributed by atoms with Crippen molar-refractivity contribution in [1.29, 1.82) is 0 Å². The number of hydrogen-bond acceptors (Lipinski definition) is 5. The summed E-state index contributed by atoms with van der Waals surface area (Å²) in [6.07, 6.45) is 2.72. The lowest BCUT2D eigenvalue weighted by atomic mass is 9.85. The molecule has 116 valence electrons. The number of thiazole rings is 1. The van der Waals surface area contributed by atoms with Crippen LogP contribution in [-0.2, 0) is 4.79 Å². The highest BCUT2D eigenvalue weighted by molar-refractivity contribution is 7.13. The maximum Gasteiger partial charge on any atom is 0.220 e. The molecule has 2 fully saturated rings. The molecule has 2 saturated heterocycles. The number of carbonyl (C=O) groups excluding carboxylic acids is 1. The Bertz CT molecular complexity index is 504. The van der Waals surface area contributed by atoms with E-state index in [0.29, 0.717) is 24.4 Å². The fourth-order valence-corrected chi connectivity index (χ4v) is 4.27. The number of nitrogens with zero attached hydrogens (tertiary/aromatic N) is 2. The zero-order valence-corrected chi connectivity index (χ0v) is 13.6. The quantitative estimate of drug-likeness (QED) is 0.892. The monoisotopic (exact) mass is 308 g/mol. The van der Waals surface area contributed by atoms with Crippen LogP contribution >= 0.6 is 11.3 Å². The van der Waals surface area contributed by atoms with Gasteiger partial charge in [0.05, 0.1) is 5.69 Å². The van der Waals surface area contributed by atoms with E-state index in [0.717, 1.165) is 43.3 Å². The molecule has 2 aliphatic heterocycles. The SMILES string of the molecule is CCNC(C)c1csc(N2CCC3NC(=O)CCC3C2)n1. The lowest BCUT2D eigenvalue weighted by Crippen LogP contribution is -2.54. The first-order valence-electron chi connectivity index (χ1n) is 7.90. The molecular weight excluding hydrogens is 284 g/mol. The smallest absolute Gasteiger partial charge is 0.220 e. The minimum atomic E-state index is 0.223. The number of aromatic nitrogens is 1. The van der Waals surface area contributed by atoms with Crippen LogP contribution in [0.5, 0.6) is 0 Å². The van der Waals surface area contributed by atoms with E-state index in [4.69, 9.17) is 4.98 Å². The van der Waals surface area contributed by atoms with E-state index in [9.17, 15) is 4.79 Å². The van der Waals surface area contributed by atoms with E-state index in [-0.39, 0.29) is 5.91 Å². The second-order valence-electron chi connectivity index (χ2n) is 6.04. The van der Waals surface area contributed by atoms with Crippen molar-refractivity contribution in [2.45, 2.75) is 45.2 Å². The topological polar surface area (TPSA) is 57.3 Å². The summed E-state index contributed by atoms with van der Waals surface area (Å²) in [6.45, 7) is 7.25. The van der Waals surface area contributed by atoms with Gasteiger partial charge in [-0.1, -0.05) is 6.92 Å². The van der Waals surface area contributed by atoms with E-state index in [1.54, 1.807) is 11.3 Å². The van der Waals surface area contributed by atoms with E-state index < -0.39 is 0 Å². The number of piperidine rings is 2. The molecular formula is C15H24N4OS. The van der Waals surface area contributed by atoms with Gasteiger partial charge in [0.1, 0.15) is 0 Å². The predicted molar refractivity (Wildman–Crippen MR) is 85.7 cm³/mol. The molecule has 0 aliphatic carbocycles. The Morgan fingerprint density at radius 2 is 2.43 bits per heavy atom. The van der Waals surface area contributed by atoms with Gasteiger partial charge in [-0.2, -0.15) is 0 Å². The van der Waals surface area contributed by atoms with Crippen LogP contribution in [0.3, 0.4) is 0 Å². The fourth-order valence-electron chi connectivity index (χ4n) is 3.32. The molecule has 0 spiro atoms. The molecule has 1 aromatic heterocycles. The molecule has 2 aliphatic rings. The standard InChI is InChI=1S/C15H24N4OS/c1-3-16-10(2)13-9-21-15(18-13)19-7-6-12-11(8-19)4-5-14(20)17-12/h9-12,16H,3-8H2,1-2H3,(H,17,20). The van der Waals surface area contributed by atoms with Crippen molar-refractivity contribution < 1.29 is 4.79 Å². The number of rotatable bonds is 4. The van der Waals surface area contributed by atoms with Crippen molar-refractivity contribution in [3.05, 3.63) is 11.1 Å². The molecule has 0 saturated carbocycles. The van der Waals surface area contributed by atoms with Gasteiger partial charge in [-0.25, -0.2) is 4.98 Å². The van der Waals surface area contributed by atoms with Gasteiger partial charge in [-0.05, 0) is 32.2 Å². The summed E-state index contributed by atoms with van der Waals surface area (Å²) in [5.41, 5.74) is 1.14. The predicted octanol–water partition coefficient (Wildman–Crippen LogP) is 1.92. The Morgan fingerprint density at radius 3 is 3.24 bits per heavy atom. The lowest BCUT2D eigenvalue weighted by molar-refractivity contribution is -0.124. The summed E-state index contributed by atoms with van der Waals surface area (Å²) < 4.78 is 0. The van der Waals surface area contributed by atoms with Crippen LogP contribution in [0.4, 0.5) is 5.13 Å². The van der Waals surface area contributed by atoms with Crippen molar-refractivity contribution >= 4 is 22.4 Å². The summed E-state index contributed by atoms with van der Waals surface area (Å²) in [5.74, 6) is 0.802. The van der Waals surface area contributed by atoms with Crippen LogP contribution in [0, 0.1) is 5.92 Å². The summed E-state index contributed by atoms with van der Waals surface area (Å²) in [5, 5.41) is 9.84. The Hall–Kier alpha value is -1.14. The first-order chi connectivity index (χ1) is 10.2. The van der Waals surface area contributed by atoms with E-state index in [1.165, 1.54) is 0 Å². The van der Waals surface area contributed by atoms with Gasteiger partial charge in [0.2, 0.25) is 5.91 Å². The van der Waals surface area contributed by atoms with Crippen LogP contribution in [0.15, 0.2) is 5.38 Å². The van der Waals surface area contributed by atoms with Crippen LogP contribution in [0.1, 0.15) is 44.8 Å². The van der Waals surface area contributed by atoms with E-state index >= 15 is 0 Å². The molecule has 1 amide bonds. The molecule has 0 radical (unpaired) electrons. The second kappa shape index (κ2) is 6.32. The van der Waals surface area contributed by atoms with Crippen LogP contribution in [0.25, 0.3) is 0 Å². The van der Waals surface area contributed by atoms with Crippen LogP contribution in [0.2, 0.25) is 0 Å². The highest BCUT2D eigenvalue weighted by Gasteiger charge is 2.34. The molecule has 3 unspecified atom stereocenters. The van der Waals surface area contributed by atoms with Crippen molar-refractivity contribution in [3.8, 4) is 0 Å². The number of carbonyl (C=O) groups is 1. The van der Waals surface area contributed by atoms with Gasteiger partial charge in [-0.15, -0.1) is 11.3 Å². The Balaban J connectivity index is 1.64. The largest absolute Gasteiger partial charge is 0.353 e. The van der Waals surface area contributed by atoms with Crippen molar-refractivity contribution in [2.24, 2.45) is 5.92 Å². The van der Waals surface area contributed by atoms with Gasteiger partial charge in [-0.3, -0.25) is 4.79 Å². The average Bonchev–Trinajstić information content (AvgIpc) is 2.97. The molecule has 3 rings (SSSR count). The molecule has 1 aromatic rings. The normalized spacial score (nSPS) is 27.1. The fraction of sp³-hybridized carbons (Fsp3) is 0.733. The molecule has 3 heterocycles. The minimum Gasteiger partial charge on any atom is -0.353 e. The molecule has 0 bridgehead atoms. The van der Waals surface area contributed by atoms with Crippen molar-refractivity contribution in [3.63, 3.8) is 0 Å². The third kappa shape index (κ3) is 3.21. The molecule has 21 heavy (non-hydrogen) atoms. The first kappa shape index (κ1) is 14.8. The number of fused-ring (bicyclic) bond motifs is 1. The molecule has 0 aromatic carbocycles. The first-order valence-corrected chi connectivity index (χ1v) is 8.78. The maximum absolute atomic E-state index is 11.5. The number of amides is 1. The Labute approximate surface area is 130 Å². The van der Waals surface area contributed by atoms with Crippen molar-refractivity contribution in [1.82, 2.24) is 15.6 Å². The third-order valence-corrected chi connectivity index (χ3v) is 5.48. The third-order valence-electron chi connectivity index (χ3n) is 4.56. The average molecular weight is 308 g/mol. The van der Waals surface area contributed by atoms with Crippen LogP contribution in [-0.4, -0.2) is 36.6 Å². The summed E-state index contributed by atoms with van der Waals surface area (Å²) >= 11 is 1.74. The van der Waals surface area contributed by atoms with Gasteiger partial charge in [0.25, 0.3) is 0 Å². The highest BCUT2D eigenvalue weighted by atomic mass is 32.1. The molecule has 6 heteroatoms. The molecule has 3 atom stereocenters. The second-order valence-corrected chi connectivity index (χ2v) is 6.88. The maximum atomic E-state index is 11.5. The van der Waals surface area contributed by atoms with Gasteiger partial charge >= 0.3 is 0 Å². The van der Waals surface area contributed by atoms with Gasteiger partial charge in [0, 0.05) is 37.0 Å². The van der Waals surface area contributed by atoms with Gasteiger partial charge < -0.3 is 15.5 Å². The number of hydrogen-bond donors (Lipinski definition) is 2. The summed E-state index contributed by atoms with van der Waals surface area (Å²) in [7, 11) is 0. The zero-order chi connectivity index (χ0) is 14.8. The van der Waals surface area contributed by atoms with Gasteiger partial charge in [0.15, 0.2) is 5.13 Å². The number of anilines is 1. The Morgan fingerprint density at radius 1 is 1.57 bits per heavy atom. The summed E-state index contributed by atoms with van der Waals surface area (Å²) in [6, 6.07) is 0.689.